The molecule has 3 aromatic rings. The number of hydrogen-bond donors (Lipinski definition) is 1. The van der Waals surface area contributed by atoms with Crippen LogP contribution >= 0.6 is 0 Å². The fourth-order valence-electron chi connectivity index (χ4n) is 2.35. The van der Waals surface area contributed by atoms with Crippen LogP contribution in [0.3, 0.4) is 0 Å². The third-order valence-corrected chi connectivity index (χ3v) is 3.40. The summed E-state index contributed by atoms with van der Waals surface area (Å²) in [5.74, 6) is 1.58. The average Bonchev–Trinajstić information content (AvgIpc) is 3.19. The first-order chi connectivity index (χ1) is 11.2. The molecule has 0 bridgehead atoms. The van der Waals surface area contributed by atoms with Crippen LogP contribution in [0.15, 0.2) is 57.7 Å². The Hall–Kier alpha value is -2.89. The average molecular weight is 311 g/mol. The van der Waals surface area contributed by atoms with Crippen molar-refractivity contribution in [3.05, 3.63) is 71.8 Å². The van der Waals surface area contributed by atoms with Crippen molar-refractivity contribution in [2.75, 3.05) is 0 Å². The van der Waals surface area contributed by atoms with Gasteiger partial charge in [-0.3, -0.25) is 4.79 Å². The van der Waals surface area contributed by atoms with Gasteiger partial charge in [0.2, 0.25) is 11.8 Å². The van der Waals surface area contributed by atoms with E-state index < -0.39 is 0 Å². The summed E-state index contributed by atoms with van der Waals surface area (Å²) in [6, 6.07) is 13.0. The van der Waals surface area contributed by atoms with Crippen molar-refractivity contribution in [2.24, 2.45) is 0 Å². The van der Waals surface area contributed by atoms with E-state index >= 15 is 0 Å². The molecule has 1 N–H and O–H groups in total. The van der Waals surface area contributed by atoms with E-state index in [1.165, 1.54) is 0 Å². The number of benzene rings is 1. The van der Waals surface area contributed by atoms with E-state index in [4.69, 9.17) is 8.94 Å². The smallest absolute Gasteiger partial charge is 0.229 e. The molecule has 0 spiro atoms. The Morgan fingerprint density at radius 3 is 2.70 bits per heavy atom. The van der Waals surface area contributed by atoms with Crippen molar-refractivity contribution >= 4 is 5.91 Å². The number of furan rings is 1. The zero-order valence-corrected chi connectivity index (χ0v) is 12.7. The molecule has 0 saturated carbocycles. The second-order valence-corrected chi connectivity index (χ2v) is 5.23. The Labute approximate surface area is 133 Å². The monoisotopic (exact) mass is 311 g/mol. The molecular weight excluding hydrogens is 294 g/mol. The number of rotatable bonds is 6. The van der Waals surface area contributed by atoms with Crippen LogP contribution in [0.25, 0.3) is 0 Å². The number of carbonyl (C=O) groups excluding carboxylic acids is 1. The molecule has 2 heterocycles. The summed E-state index contributed by atoms with van der Waals surface area (Å²) >= 11 is 0. The molecule has 1 aromatic carbocycles. The zero-order valence-electron chi connectivity index (χ0n) is 12.7. The Kier molecular flexibility index (Phi) is 4.52. The van der Waals surface area contributed by atoms with Crippen molar-refractivity contribution in [3.8, 4) is 0 Å². The van der Waals surface area contributed by atoms with Crippen LogP contribution in [0.5, 0.6) is 0 Å². The van der Waals surface area contributed by atoms with Crippen molar-refractivity contribution in [2.45, 2.75) is 25.8 Å². The topological polar surface area (TPSA) is 81.2 Å². The number of hydrogen-bond acceptors (Lipinski definition) is 5. The van der Waals surface area contributed by atoms with Crippen LogP contribution in [0, 0.1) is 6.92 Å². The maximum atomic E-state index is 12.3. The first-order valence-electron chi connectivity index (χ1n) is 7.36. The molecule has 6 nitrogen and oxygen atoms in total. The van der Waals surface area contributed by atoms with E-state index in [1.807, 2.05) is 30.3 Å². The molecular formula is C17H17N3O3. The molecule has 0 radical (unpaired) electrons. The molecule has 0 saturated heterocycles. The van der Waals surface area contributed by atoms with Crippen molar-refractivity contribution in [1.29, 1.82) is 0 Å². The van der Waals surface area contributed by atoms with Gasteiger partial charge in [-0.25, -0.2) is 0 Å². The second-order valence-electron chi connectivity index (χ2n) is 5.23. The van der Waals surface area contributed by atoms with E-state index in [-0.39, 0.29) is 18.4 Å². The van der Waals surface area contributed by atoms with E-state index in [0.717, 1.165) is 5.56 Å². The van der Waals surface area contributed by atoms with Crippen molar-refractivity contribution in [3.63, 3.8) is 0 Å². The van der Waals surface area contributed by atoms with E-state index in [0.29, 0.717) is 23.9 Å². The van der Waals surface area contributed by atoms with Crippen molar-refractivity contribution < 1.29 is 13.7 Å². The highest BCUT2D eigenvalue weighted by atomic mass is 16.5. The third kappa shape index (κ3) is 4.06. The quantitative estimate of drug-likeness (QED) is 0.757. The maximum Gasteiger partial charge on any atom is 0.229 e. The van der Waals surface area contributed by atoms with Gasteiger partial charge in [0.1, 0.15) is 5.76 Å². The minimum Gasteiger partial charge on any atom is -0.469 e. The van der Waals surface area contributed by atoms with E-state index in [9.17, 15) is 4.79 Å². The lowest BCUT2D eigenvalue weighted by Crippen LogP contribution is -2.31. The van der Waals surface area contributed by atoms with Gasteiger partial charge in [-0.15, -0.1) is 0 Å². The Balaban J connectivity index is 1.73. The lowest BCUT2D eigenvalue weighted by atomic mass is 10.0. The van der Waals surface area contributed by atoms with Gasteiger partial charge in [0.25, 0.3) is 0 Å². The van der Waals surface area contributed by atoms with Gasteiger partial charge in [0.05, 0.1) is 25.1 Å². The van der Waals surface area contributed by atoms with Gasteiger partial charge in [0, 0.05) is 0 Å². The van der Waals surface area contributed by atoms with Gasteiger partial charge in [-0.05, 0) is 24.6 Å². The molecule has 2 aromatic heterocycles. The zero-order chi connectivity index (χ0) is 16.1. The summed E-state index contributed by atoms with van der Waals surface area (Å²) in [7, 11) is 0. The molecule has 1 unspecified atom stereocenters. The molecule has 23 heavy (non-hydrogen) atoms. The Morgan fingerprint density at radius 2 is 2.04 bits per heavy atom. The summed E-state index contributed by atoms with van der Waals surface area (Å²) in [4.78, 5) is 16.5. The Morgan fingerprint density at radius 1 is 1.22 bits per heavy atom. The molecule has 118 valence electrons. The number of carbonyl (C=O) groups is 1. The van der Waals surface area contributed by atoms with Gasteiger partial charge in [-0.1, -0.05) is 35.5 Å². The molecule has 0 aliphatic carbocycles. The normalized spacial score (nSPS) is 12.0. The number of amides is 1. The molecule has 0 aliphatic rings. The summed E-state index contributed by atoms with van der Waals surface area (Å²) in [5.41, 5.74) is 0.983. The number of nitrogens with zero attached hydrogens (tertiary/aromatic N) is 2. The van der Waals surface area contributed by atoms with Crippen LogP contribution in [0.1, 0.15) is 29.1 Å². The summed E-state index contributed by atoms with van der Waals surface area (Å²) in [6.07, 6.45) is 2.19. The predicted molar refractivity (Wildman–Crippen MR) is 82.5 cm³/mol. The number of aromatic nitrogens is 2. The molecule has 3 rings (SSSR count). The third-order valence-electron chi connectivity index (χ3n) is 3.40. The molecule has 0 aliphatic heterocycles. The Bertz CT molecular complexity index is 751. The molecule has 1 atom stereocenters. The van der Waals surface area contributed by atoms with Crippen molar-refractivity contribution in [1.82, 2.24) is 15.5 Å². The minimum atomic E-state index is -0.237. The van der Waals surface area contributed by atoms with Gasteiger partial charge in [0.15, 0.2) is 5.82 Å². The van der Waals surface area contributed by atoms with Gasteiger partial charge in [-0.2, -0.15) is 4.98 Å². The first-order valence-corrected chi connectivity index (χ1v) is 7.36. The molecule has 1 amide bonds. The number of aryl methyl sites for hydroxylation is 1. The standard InChI is InChI=1S/C17H17N3O3/c1-12-18-17(23-20-12)11-15(13-6-3-2-4-7-13)19-16(21)10-14-8-5-9-22-14/h2-9,15H,10-11H2,1H3,(H,19,21). The minimum absolute atomic E-state index is 0.120. The largest absolute Gasteiger partial charge is 0.469 e. The maximum absolute atomic E-state index is 12.3. The molecule has 6 heteroatoms. The highest BCUT2D eigenvalue weighted by molar-refractivity contribution is 5.78. The van der Waals surface area contributed by atoms with Crippen LogP contribution in [-0.4, -0.2) is 16.0 Å². The highest BCUT2D eigenvalue weighted by Gasteiger charge is 2.19. The fourth-order valence-corrected chi connectivity index (χ4v) is 2.35. The van der Waals surface area contributed by atoms with Crippen LogP contribution in [0.2, 0.25) is 0 Å². The van der Waals surface area contributed by atoms with Gasteiger partial charge < -0.3 is 14.3 Å². The first kappa shape index (κ1) is 15.0. The summed E-state index contributed by atoms with van der Waals surface area (Å²) in [5, 5.41) is 6.79. The van der Waals surface area contributed by atoms with Crippen LogP contribution < -0.4 is 5.32 Å². The van der Waals surface area contributed by atoms with E-state index in [2.05, 4.69) is 15.5 Å². The summed E-state index contributed by atoms with van der Waals surface area (Å²) < 4.78 is 10.4. The predicted octanol–water partition coefficient (Wildman–Crippen LogP) is 2.61. The lowest BCUT2D eigenvalue weighted by molar-refractivity contribution is -0.121. The van der Waals surface area contributed by atoms with Gasteiger partial charge >= 0.3 is 0 Å². The SMILES string of the molecule is Cc1noc(CC(NC(=O)Cc2ccco2)c2ccccc2)n1. The number of nitrogens with one attached hydrogen (secondary N) is 1. The lowest BCUT2D eigenvalue weighted by Gasteiger charge is -2.17. The van der Waals surface area contributed by atoms with Crippen LogP contribution in [-0.2, 0) is 17.6 Å². The summed E-state index contributed by atoms with van der Waals surface area (Å²) in [6.45, 7) is 1.76. The van der Waals surface area contributed by atoms with Crippen LogP contribution in [0.4, 0.5) is 0 Å². The highest BCUT2D eigenvalue weighted by Crippen LogP contribution is 2.18. The molecule has 0 fully saturated rings. The fraction of sp³-hybridized carbons (Fsp3) is 0.235. The second kappa shape index (κ2) is 6.91. The van der Waals surface area contributed by atoms with E-state index in [1.54, 1.807) is 25.3 Å².